The van der Waals surface area contributed by atoms with Gasteiger partial charge >= 0.3 is 35.8 Å². The van der Waals surface area contributed by atoms with Gasteiger partial charge in [-0.3, -0.25) is 38.2 Å². The summed E-state index contributed by atoms with van der Waals surface area (Å²) in [6.45, 7) is 8.60. The molecule has 6 N–H and O–H groups in total. The Morgan fingerprint density at radius 2 is 1.37 bits per heavy atom. The molecule has 2 heterocycles. The van der Waals surface area contributed by atoms with Crippen molar-refractivity contribution in [3.63, 3.8) is 0 Å². The van der Waals surface area contributed by atoms with Crippen LogP contribution in [0.4, 0.5) is 0 Å². The smallest absolute Gasteiger partial charge is 0.350 e. The lowest BCUT2D eigenvalue weighted by molar-refractivity contribution is -0.346. The monoisotopic (exact) mass is 1510 g/mol. The third-order valence-corrected chi connectivity index (χ3v) is 21.2. The number of unbranched alkanes of at least 4 members (excludes halogenated alkanes) is 5. The van der Waals surface area contributed by atoms with Gasteiger partial charge in [0, 0.05) is 76.3 Å². The zero-order chi connectivity index (χ0) is 78.6. The van der Waals surface area contributed by atoms with Crippen molar-refractivity contribution >= 4 is 65.1 Å². The molecular weight excluding hydrogens is 1410 g/mol. The first-order valence-electron chi connectivity index (χ1n) is 37.3. The highest BCUT2D eigenvalue weighted by Gasteiger charge is 2.78. The van der Waals surface area contributed by atoms with E-state index in [0.717, 1.165) is 50.8 Å². The Bertz CT molecular complexity index is 4040. The minimum Gasteiger partial charge on any atom is -0.464 e. The number of aromatic nitrogens is 3. The molecule has 0 spiro atoms. The summed E-state index contributed by atoms with van der Waals surface area (Å²) in [6.07, 6.45) is -3.94. The van der Waals surface area contributed by atoms with E-state index >= 15 is 9.59 Å². The fraction of sp³-hybridized carbons (Fsp3) is 0.519. The lowest BCUT2D eigenvalue weighted by Crippen LogP contribution is -2.82. The van der Waals surface area contributed by atoms with E-state index in [1.54, 1.807) is 78.3 Å². The molecule has 13 atom stereocenters. The first-order chi connectivity index (χ1) is 52.1. The maximum Gasteiger partial charge on any atom is 0.350 e. The molecule has 5 aromatic rings. The van der Waals surface area contributed by atoms with E-state index in [-0.39, 0.29) is 85.5 Å². The highest BCUT2D eigenvalue weighted by molar-refractivity contribution is 5.97. The number of hydrogen-bond acceptors (Lipinski definition) is 24. The number of ether oxygens (including phenoxy) is 8. The second kappa shape index (κ2) is 38.0. The Labute approximate surface area is 633 Å². The largest absolute Gasteiger partial charge is 0.464 e. The van der Waals surface area contributed by atoms with Gasteiger partial charge in [-0.15, -0.1) is 5.10 Å². The van der Waals surface area contributed by atoms with Crippen molar-refractivity contribution in [2.24, 2.45) is 16.7 Å². The number of aliphatic hydroxyl groups is 3. The number of amides is 3. The quantitative estimate of drug-likeness (QED) is 0.0103. The molecule has 4 aliphatic rings. The third-order valence-electron chi connectivity index (χ3n) is 21.2. The molecule has 109 heavy (non-hydrogen) atoms. The average molecular weight is 1510 g/mol. The third kappa shape index (κ3) is 20.2. The van der Waals surface area contributed by atoms with E-state index in [4.69, 9.17) is 43.0 Å². The Morgan fingerprint density at radius 1 is 0.716 bits per heavy atom. The molecule has 1 aromatic heterocycles. The van der Waals surface area contributed by atoms with Crippen molar-refractivity contribution in [3.05, 3.63) is 167 Å². The minimum absolute atomic E-state index is 0.00157. The Hall–Kier alpha value is -9.87. The zero-order valence-electron chi connectivity index (χ0n) is 62.7. The van der Waals surface area contributed by atoms with Crippen LogP contribution >= 0.6 is 0 Å². The molecule has 2 bridgehead atoms. The number of ketones is 2. The Kier molecular flexibility index (Phi) is 29.0. The van der Waals surface area contributed by atoms with Crippen molar-refractivity contribution in [2.45, 2.75) is 217 Å². The summed E-state index contributed by atoms with van der Waals surface area (Å²) in [5.74, 6) is -10.8. The maximum absolute atomic E-state index is 16.0. The standard InChI is InChI=1S/C81H100N6O22/c1-8-103-76(99)59(83-74(97)60(43-53-29-16-11-17-30-53)82-64(93)40-28-37-57-46-87(86-85-57)41-26-9-10-27-42-88)39-25-15-24-38-58(91)47-102-48-65(94)107-69(67(54-31-18-12-19-32-54)84-73(96)55-33-20-13-21-34-55)77(100)106-61-45-81(101)72(108-75(98)56-35-22-14-23-36-56)70-79(7,62(92)44-63-80(70,49-104-63)109-52(4)90)71(95)68(105-51(3)89)66(50(61)2)78(81,5)6/h11-14,16-23,29-36,46,59-63,67-70,72,88,92,101H,8-10,15,24-28,37-45,47-49H2,1-7H3,(H,82,93)(H,83,97)(H,84,96)/t59-,60+,61-,62-,63+,67?,68+,69+,70-,72-,79+,80-,81+/m0/s1. The number of nitrogens with one attached hydrogen (secondary N) is 3. The van der Waals surface area contributed by atoms with Crippen LogP contribution in [0.5, 0.6) is 0 Å². The molecule has 1 aliphatic heterocycles. The van der Waals surface area contributed by atoms with Gasteiger partial charge in [-0.05, 0) is 106 Å². The molecule has 1 saturated heterocycles. The summed E-state index contributed by atoms with van der Waals surface area (Å²) in [5.41, 5.74) is -6.65. The van der Waals surface area contributed by atoms with Gasteiger partial charge in [0.25, 0.3) is 5.91 Å². The van der Waals surface area contributed by atoms with Crippen LogP contribution in [0.2, 0.25) is 0 Å². The number of esters is 6. The van der Waals surface area contributed by atoms with Crippen molar-refractivity contribution < 1.29 is 106 Å². The molecule has 4 aromatic carbocycles. The summed E-state index contributed by atoms with van der Waals surface area (Å²) in [4.78, 5) is 156. The number of aliphatic hydroxyl groups excluding tert-OH is 2. The molecule has 1 unspecified atom stereocenters. The number of benzene rings is 4. The lowest BCUT2D eigenvalue weighted by Gasteiger charge is -2.67. The van der Waals surface area contributed by atoms with Crippen LogP contribution in [0.15, 0.2) is 139 Å². The first-order valence-corrected chi connectivity index (χ1v) is 37.3. The normalized spacial score (nSPS) is 23.5. The van der Waals surface area contributed by atoms with Gasteiger partial charge in [-0.25, -0.2) is 19.2 Å². The molecule has 0 radical (unpaired) electrons. The molecule has 28 nitrogen and oxygen atoms in total. The van der Waals surface area contributed by atoms with E-state index in [1.165, 1.54) is 52.0 Å². The number of nitrogens with zero attached hydrogens (tertiary/aromatic N) is 3. The van der Waals surface area contributed by atoms with Crippen LogP contribution in [-0.2, 0) is 100 Å². The number of rotatable bonds is 38. The highest BCUT2D eigenvalue weighted by Crippen LogP contribution is 2.64. The fourth-order valence-electron chi connectivity index (χ4n) is 15.4. The summed E-state index contributed by atoms with van der Waals surface area (Å²) in [5, 5.41) is 52.4. The molecule has 3 fully saturated rings. The number of carbonyl (C=O) groups is 11. The van der Waals surface area contributed by atoms with Gasteiger partial charge in [0.2, 0.25) is 17.9 Å². The van der Waals surface area contributed by atoms with Gasteiger partial charge < -0.3 is 69.2 Å². The van der Waals surface area contributed by atoms with Crippen molar-refractivity contribution in [1.82, 2.24) is 30.9 Å². The van der Waals surface area contributed by atoms with E-state index in [0.29, 0.717) is 32.2 Å². The van der Waals surface area contributed by atoms with Crippen molar-refractivity contribution in [3.8, 4) is 0 Å². The SMILES string of the molecule is CCOC(=O)[C@H](CCCCCC(=O)COCC(=O)O[C@@H](C(=O)O[C@H]1C[C@@]2(O)[C@@H](OC(=O)c3ccccc3)[C@@H]3[C@]4(OC(C)=O)CO[C@@H]4C[C@H](O)[C@@]3(C)C(=O)[C@H](OC(C)=O)C(=C1C)C2(C)C)C(NC(=O)c1ccccc1)c1ccccc1)NC(=O)[C@@H](Cc1ccccc1)NC(=O)CCCc1cn(CCCCCCO)nn1. The lowest BCUT2D eigenvalue weighted by atomic mass is 9.44. The van der Waals surface area contributed by atoms with Crippen LogP contribution in [-0.4, -0.2) is 188 Å². The average Bonchev–Trinajstić information content (AvgIpc) is 1.03. The summed E-state index contributed by atoms with van der Waals surface area (Å²) in [7, 11) is 0. The van der Waals surface area contributed by atoms with Crippen LogP contribution in [0.3, 0.4) is 0 Å². The second-order valence-corrected chi connectivity index (χ2v) is 29.0. The predicted octanol–water partition coefficient (Wildman–Crippen LogP) is 6.77. The predicted molar refractivity (Wildman–Crippen MR) is 390 cm³/mol. The van der Waals surface area contributed by atoms with Crippen LogP contribution in [0.1, 0.15) is 176 Å². The van der Waals surface area contributed by atoms with Gasteiger partial charge in [0.15, 0.2) is 23.3 Å². The maximum atomic E-state index is 16.0. The summed E-state index contributed by atoms with van der Waals surface area (Å²) >= 11 is 0. The number of aryl methyl sites for hydroxylation is 2. The van der Waals surface area contributed by atoms with E-state index in [2.05, 4.69) is 26.3 Å². The Balaban J connectivity index is 0.901. The summed E-state index contributed by atoms with van der Waals surface area (Å²) < 4.78 is 49.8. The Morgan fingerprint density at radius 3 is 2.01 bits per heavy atom. The second-order valence-electron chi connectivity index (χ2n) is 29.0. The van der Waals surface area contributed by atoms with E-state index in [9.17, 15) is 53.4 Å². The fourth-order valence-corrected chi connectivity index (χ4v) is 15.4. The van der Waals surface area contributed by atoms with Gasteiger partial charge in [-0.2, -0.15) is 0 Å². The van der Waals surface area contributed by atoms with Crippen LogP contribution in [0.25, 0.3) is 0 Å². The van der Waals surface area contributed by atoms with Crippen molar-refractivity contribution in [2.75, 3.05) is 33.0 Å². The van der Waals surface area contributed by atoms with Gasteiger partial charge in [-0.1, -0.05) is 142 Å². The number of Topliss-reactive ketones (excluding diaryl/α,β-unsaturated/α-hetero) is 2. The molecule has 586 valence electrons. The summed E-state index contributed by atoms with van der Waals surface area (Å²) in [6, 6.07) is 28.9. The zero-order valence-corrected chi connectivity index (χ0v) is 62.7. The highest BCUT2D eigenvalue weighted by atomic mass is 16.6. The molecular formula is C81H100N6O22. The van der Waals surface area contributed by atoms with Gasteiger partial charge in [0.1, 0.15) is 55.3 Å². The minimum atomic E-state index is -2.56. The van der Waals surface area contributed by atoms with Crippen molar-refractivity contribution in [1.29, 1.82) is 0 Å². The van der Waals surface area contributed by atoms with Gasteiger partial charge in [0.05, 0.1) is 41.9 Å². The first kappa shape index (κ1) is 83.2. The van der Waals surface area contributed by atoms with E-state index < -0.39 is 168 Å². The molecule has 3 amide bonds. The number of fused-ring (bicyclic) bond motifs is 5. The molecule has 9 rings (SSSR count). The molecule has 3 aliphatic carbocycles. The molecule has 2 saturated carbocycles. The number of hydrogen-bond donors (Lipinski definition) is 6. The van der Waals surface area contributed by atoms with E-state index in [1.807, 2.05) is 36.5 Å². The van der Waals surface area contributed by atoms with Crippen LogP contribution < -0.4 is 16.0 Å². The topological polar surface area (TPSA) is 389 Å². The number of carbonyl (C=O) groups excluding carboxylic acids is 11. The molecule has 28 heteroatoms. The van der Waals surface area contributed by atoms with Crippen LogP contribution in [0, 0.1) is 16.7 Å².